The minimum absolute atomic E-state index is 0.0920. The molecule has 1 amide bonds. The maximum Gasteiger partial charge on any atom is 0.356 e. The van der Waals surface area contributed by atoms with Gasteiger partial charge < -0.3 is 15.7 Å². The summed E-state index contributed by atoms with van der Waals surface area (Å²) in [6.07, 6.45) is 4.12. The van der Waals surface area contributed by atoms with Crippen LogP contribution in [0.2, 0.25) is 0 Å². The van der Waals surface area contributed by atoms with Crippen LogP contribution in [0.5, 0.6) is 0 Å². The Hall–Kier alpha value is -2.09. The molecule has 1 unspecified atom stereocenters. The van der Waals surface area contributed by atoms with E-state index in [-0.39, 0.29) is 5.69 Å². The zero-order chi connectivity index (χ0) is 14.3. The minimum Gasteiger partial charge on any atom is -0.476 e. The molecule has 3 N–H and O–H groups in total. The SMILES string of the molecule is NC(=O)C1CCCCN1c1nc2sccn2c1C(=O)O. The number of nitrogens with zero attached hydrogens (tertiary/aromatic N) is 3. The van der Waals surface area contributed by atoms with E-state index >= 15 is 0 Å². The average molecular weight is 294 g/mol. The minimum atomic E-state index is -1.06. The van der Waals surface area contributed by atoms with Crippen LogP contribution in [-0.2, 0) is 4.79 Å². The van der Waals surface area contributed by atoms with Crippen molar-refractivity contribution in [1.29, 1.82) is 0 Å². The summed E-state index contributed by atoms with van der Waals surface area (Å²) in [5.74, 6) is -1.15. The topological polar surface area (TPSA) is 101 Å². The molecule has 0 aliphatic carbocycles. The Morgan fingerprint density at radius 2 is 2.25 bits per heavy atom. The number of anilines is 1. The Balaban J connectivity index is 2.12. The fourth-order valence-electron chi connectivity index (χ4n) is 2.65. The van der Waals surface area contributed by atoms with Crippen LogP contribution in [0, 0.1) is 0 Å². The zero-order valence-corrected chi connectivity index (χ0v) is 11.5. The van der Waals surface area contributed by atoms with Crippen molar-refractivity contribution in [3.05, 3.63) is 17.3 Å². The number of thiazole rings is 1. The fourth-order valence-corrected chi connectivity index (χ4v) is 3.36. The number of aromatic carboxylic acids is 1. The van der Waals surface area contributed by atoms with Crippen molar-refractivity contribution in [2.45, 2.75) is 25.3 Å². The summed E-state index contributed by atoms with van der Waals surface area (Å²) in [4.78, 5) is 29.8. The van der Waals surface area contributed by atoms with E-state index in [4.69, 9.17) is 5.73 Å². The lowest BCUT2D eigenvalue weighted by molar-refractivity contribution is -0.119. The number of hydrogen-bond donors (Lipinski definition) is 2. The molecule has 2 aromatic heterocycles. The van der Waals surface area contributed by atoms with Gasteiger partial charge in [0.05, 0.1) is 0 Å². The second kappa shape index (κ2) is 4.78. The molecule has 20 heavy (non-hydrogen) atoms. The Morgan fingerprint density at radius 1 is 1.45 bits per heavy atom. The van der Waals surface area contributed by atoms with E-state index in [9.17, 15) is 14.7 Å². The van der Waals surface area contributed by atoms with Crippen LogP contribution >= 0.6 is 11.3 Å². The number of imidazole rings is 1. The van der Waals surface area contributed by atoms with E-state index in [1.807, 2.05) is 0 Å². The Bertz CT molecular complexity index is 677. The number of aromatic nitrogens is 2. The smallest absolute Gasteiger partial charge is 0.356 e. The standard InChI is InChI=1S/C12H14N4O3S/c13-9(17)7-3-1-2-4-15(7)10-8(11(18)19)16-5-6-20-12(16)14-10/h5-7H,1-4H2,(H2,13,17)(H,18,19). The van der Waals surface area contributed by atoms with Gasteiger partial charge in [0.2, 0.25) is 5.91 Å². The molecule has 0 aromatic carbocycles. The number of rotatable bonds is 3. The van der Waals surface area contributed by atoms with Crippen molar-refractivity contribution in [3.8, 4) is 0 Å². The molecule has 1 saturated heterocycles. The van der Waals surface area contributed by atoms with Gasteiger partial charge >= 0.3 is 5.97 Å². The Morgan fingerprint density at radius 3 is 2.95 bits per heavy atom. The number of piperidine rings is 1. The molecule has 1 atom stereocenters. The molecule has 7 nitrogen and oxygen atoms in total. The summed E-state index contributed by atoms with van der Waals surface area (Å²) in [6, 6.07) is -0.480. The third-order valence-corrected chi connectivity index (χ3v) is 4.31. The highest BCUT2D eigenvalue weighted by molar-refractivity contribution is 7.15. The van der Waals surface area contributed by atoms with Gasteiger partial charge in [-0.15, -0.1) is 11.3 Å². The number of primary amides is 1. The van der Waals surface area contributed by atoms with Gasteiger partial charge in [0.15, 0.2) is 16.5 Å². The molecule has 0 radical (unpaired) electrons. The number of hydrogen-bond acceptors (Lipinski definition) is 5. The van der Waals surface area contributed by atoms with Crippen LogP contribution in [0.4, 0.5) is 5.82 Å². The predicted octanol–water partition coefficient (Wildman–Crippen LogP) is 0.938. The van der Waals surface area contributed by atoms with Crippen molar-refractivity contribution in [3.63, 3.8) is 0 Å². The molecule has 1 aliphatic rings. The number of carboxylic acids is 1. The maximum absolute atomic E-state index is 11.6. The quantitative estimate of drug-likeness (QED) is 0.877. The van der Waals surface area contributed by atoms with Crippen molar-refractivity contribution in [2.75, 3.05) is 11.4 Å². The van der Waals surface area contributed by atoms with Crippen LogP contribution in [-0.4, -0.2) is 39.0 Å². The van der Waals surface area contributed by atoms with Gasteiger partial charge in [-0.25, -0.2) is 9.78 Å². The molecule has 1 aliphatic heterocycles. The van der Waals surface area contributed by atoms with Crippen LogP contribution in [0.15, 0.2) is 11.6 Å². The molecular formula is C12H14N4O3S. The maximum atomic E-state index is 11.6. The van der Waals surface area contributed by atoms with Gasteiger partial charge in [-0.2, -0.15) is 0 Å². The third-order valence-electron chi connectivity index (χ3n) is 3.55. The van der Waals surface area contributed by atoms with E-state index in [1.54, 1.807) is 16.5 Å². The number of fused-ring (bicyclic) bond motifs is 1. The summed E-state index contributed by atoms with van der Waals surface area (Å²) in [6.45, 7) is 0.596. The van der Waals surface area contributed by atoms with Gasteiger partial charge in [0.1, 0.15) is 6.04 Å². The van der Waals surface area contributed by atoms with Crippen LogP contribution < -0.4 is 10.6 Å². The van der Waals surface area contributed by atoms with Crippen molar-refractivity contribution < 1.29 is 14.7 Å². The Labute approximate surface area is 118 Å². The largest absolute Gasteiger partial charge is 0.476 e. The second-order valence-corrected chi connectivity index (χ2v) is 5.63. The third kappa shape index (κ3) is 1.92. The van der Waals surface area contributed by atoms with Gasteiger partial charge in [0.25, 0.3) is 0 Å². The van der Waals surface area contributed by atoms with Crippen molar-refractivity contribution in [1.82, 2.24) is 9.38 Å². The first kappa shape index (κ1) is 12.9. The molecule has 1 fully saturated rings. The molecule has 3 rings (SSSR count). The fraction of sp³-hybridized carbons (Fsp3) is 0.417. The Kier molecular flexibility index (Phi) is 3.09. The molecule has 3 heterocycles. The van der Waals surface area contributed by atoms with E-state index in [1.165, 1.54) is 15.7 Å². The summed E-state index contributed by atoms with van der Waals surface area (Å²) in [5.41, 5.74) is 5.52. The van der Waals surface area contributed by atoms with Crippen molar-refractivity contribution in [2.24, 2.45) is 5.73 Å². The first-order valence-corrected chi connectivity index (χ1v) is 7.22. The summed E-state index contributed by atoms with van der Waals surface area (Å²) in [7, 11) is 0. The summed E-state index contributed by atoms with van der Waals surface area (Å²) >= 11 is 1.36. The lowest BCUT2D eigenvalue weighted by Gasteiger charge is -2.34. The molecular weight excluding hydrogens is 280 g/mol. The zero-order valence-electron chi connectivity index (χ0n) is 10.7. The number of carbonyl (C=O) groups is 2. The molecule has 0 bridgehead atoms. The lowest BCUT2D eigenvalue weighted by atomic mass is 10.0. The summed E-state index contributed by atoms with van der Waals surface area (Å²) in [5, 5.41) is 11.2. The monoisotopic (exact) mass is 294 g/mol. The molecule has 8 heteroatoms. The average Bonchev–Trinajstić information content (AvgIpc) is 2.97. The number of nitrogens with two attached hydrogens (primary N) is 1. The highest BCUT2D eigenvalue weighted by Crippen LogP contribution is 2.29. The molecule has 2 aromatic rings. The molecule has 106 valence electrons. The van der Waals surface area contributed by atoms with Gasteiger partial charge in [-0.1, -0.05) is 0 Å². The number of carbonyl (C=O) groups excluding carboxylic acids is 1. The lowest BCUT2D eigenvalue weighted by Crippen LogP contribution is -2.48. The van der Waals surface area contributed by atoms with E-state index in [0.717, 1.165) is 12.8 Å². The predicted molar refractivity (Wildman–Crippen MR) is 74.2 cm³/mol. The van der Waals surface area contributed by atoms with Gasteiger partial charge in [-0.3, -0.25) is 9.20 Å². The highest BCUT2D eigenvalue weighted by Gasteiger charge is 2.33. The van der Waals surface area contributed by atoms with Gasteiger partial charge in [-0.05, 0) is 19.3 Å². The second-order valence-electron chi connectivity index (χ2n) is 4.75. The van der Waals surface area contributed by atoms with Gasteiger partial charge in [0, 0.05) is 18.1 Å². The molecule has 0 saturated carbocycles. The van der Waals surface area contributed by atoms with Crippen molar-refractivity contribution >= 4 is 34.0 Å². The van der Waals surface area contributed by atoms with E-state index < -0.39 is 17.9 Å². The van der Waals surface area contributed by atoms with Crippen LogP contribution in [0.1, 0.15) is 29.8 Å². The number of carboxylic acid groups (broad SMARTS) is 1. The summed E-state index contributed by atoms with van der Waals surface area (Å²) < 4.78 is 1.54. The van der Waals surface area contributed by atoms with Crippen LogP contribution in [0.3, 0.4) is 0 Å². The first-order valence-electron chi connectivity index (χ1n) is 6.34. The van der Waals surface area contributed by atoms with Crippen LogP contribution in [0.25, 0.3) is 4.96 Å². The highest BCUT2D eigenvalue weighted by atomic mass is 32.1. The normalized spacial score (nSPS) is 19.4. The number of amides is 1. The van der Waals surface area contributed by atoms with E-state index in [0.29, 0.717) is 23.7 Å². The van der Waals surface area contributed by atoms with E-state index in [2.05, 4.69) is 4.98 Å². The molecule has 0 spiro atoms. The first-order chi connectivity index (χ1) is 9.59.